The molecule has 34 heavy (non-hydrogen) atoms. The zero-order valence-electron chi connectivity index (χ0n) is 19.0. The molecule has 1 spiro atoms. The molecule has 0 saturated carbocycles. The van der Waals surface area contributed by atoms with Gasteiger partial charge in [0.05, 0.1) is 38.7 Å². The molecule has 2 saturated heterocycles. The number of hydrogen-bond donors (Lipinski definition) is 2. The van der Waals surface area contributed by atoms with Crippen LogP contribution in [0.1, 0.15) is 6.92 Å². The summed E-state index contributed by atoms with van der Waals surface area (Å²) in [4.78, 5) is 39.8. The van der Waals surface area contributed by atoms with Crippen LogP contribution in [0.5, 0.6) is 11.5 Å². The predicted octanol–water partition coefficient (Wildman–Crippen LogP) is 2.59. The summed E-state index contributed by atoms with van der Waals surface area (Å²) in [6.45, 7) is 1.75. The quantitative estimate of drug-likeness (QED) is 0.638. The Hall–Kier alpha value is -3.85. The third-order valence-corrected chi connectivity index (χ3v) is 6.52. The van der Waals surface area contributed by atoms with Gasteiger partial charge in [-0.15, -0.1) is 0 Å². The molecule has 3 aliphatic rings. The molecule has 4 atom stereocenters. The van der Waals surface area contributed by atoms with Crippen LogP contribution in [-0.4, -0.2) is 50.2 Å². The lowest BCUT2D eigenvalue weighted by Gasteiger charge is -2.23. The molecule has 0 aromatic heterocycles. The van der Waals surface area contributed by atoms with E-state index in [2.05, 4.69) is 10.6 Å². The molecule has 176 valence electrons. The van der Waals surface area contributed by atoms with E-state index in [1.54, 1.807) is 47.4 Å². The van der Waals surface area contributed by atoms with Crippen LogP contribution in [0.4, 0.5) is 17.1 Å². The van der Waals surface area contributed by atoms with Gasteiger partial charge in [0, 0.05) is 42.2 Å². The summed E-state index contributed by atoms with van der Waals surface area (Å²) in [6.07, 6.45) is 3.30. The van der Waals surface area contributed by atoms with Crippen molar-refractivity contribution in [2.24, 2.45) is 11.8 Å². The first kappa shape index (κ1) is 22.0. The number of anilines is 3. The Morgan fingerprint density at radius 1 is 1.03 bits per heavy atom. The molecule has 0 aliphatic carbocycles. The highest BCUT2D eigenvalue weighted by atomic mass is 16.5. The predicted molar refractivity (Wildman–Crippen MR) is 125 cm³/mol. The minimum absolute atomic E-state index is 0.164. The summed E-state index contributed by atoms with van der Waals surface area (Å²) < 4.78 is 16.8. The first-order chi connectivity index (χ1) is 16.3. The van der Waals surface area contributed by atoms with E-state index in [1.807, 2.05) is 12.2 Å². The molecule has 3 heterocycles. The molecular formula is C25H25N3O6. The van der Waals surface area contributed by atoms with Crippen molar-refractivity contribution in [3.05, 3.63) is 54.6 Å². The second-order valence-corrected chi connectivity index (χ2v) is 8.64. The van der Waals surface area contributed by atoms with Crippen molar-refractivity contribution in [1.29, 1.82) is 0 Å². The van der Waals surface area contributed by atoms with Gasteiger partial charge in [0.15, 0.2) is 0 Å². The molecule has 0 radical (unpaired) electrons. The summed E-state index contributed by atoms with van der Waals surface area (Å²) in [6, 6.07) is 12.1. The van der Waals surface area contributed by atoms with Crippen LogP contribution in [0.25, 0.3) is 0 Å². The molecule has 0 unspecified atom stereocenters. The average molecular weight is 463 g/mol. The molecule has 2 fully saturated rings. The number of ether oxygens (including phenoxy) is 3. The van der Waals surface area contributed by atoms with E-state index in [9.17, 15) is 14.4 Å². The molecule has 5 rings (SSSR count). The Kier molecular flexibility index (Phi) is 5.28. The zero-order chi connectivity index (χ0) is 24.0. The van der Waals surface area contributed by atoms with Gasteiger partial charge in [0.2, 0.25) is 17.7 Å². The second kappa shape index (κ2) is 8.18. The smallest absolute Gasteiger partial charge is 0.234 e. The van der Waals surface area contributed by atoms with E-state index in [4.69, 9.17) is 14.2 Å². The van der Waals surface area contributed by atoms with Crippen molar-refractivity contribution in [1.82, 2.24) is 0 Å². The number of carbonyl (C=O) groups excluding carboxylic acids is 3. The maximum absolute atomic E-state index is 13.5. The Bertz CT molecular complexity index is 1170. The summed E-state index contributed by atoms with van der Waals surface area (Å²) >= 11 is 0. The Morgan fingerprint density at radius 3 is 2.32 bits per heavy atom. The molecule has 2 bridgehead atoms. The normalized spacial score (nSPS) is 26.4. The number of rotatable bonds is 6. The van der Waals surface area contributed by atoms with Crippen LogP contribution < -0.4 is 25.0 Å². The van der Waals surface area contributed by atoms with Gasteiger partial charge in [-0.3, -0.25) is 14.4 Å². The van der Waals surface area contributed by atoms with Gasteiger partial charge in [-0.1, -0.05) is 12.2 Å². The highest BCUT2D eigenvalue weighted by Gasteiger charge is 2.67. The molecule has 9 nitrogen and oxygen atoms in total. The number of fused-ring (bicyclic) bond motifs is 1. The van der Waals surface area contributed by atoms with Crippen molar-refractivity contribution in [2.45, 2.75) is 18.6 Å². The Morgan fingerprint density at radius 2 is 1.71 bits per heavy atom. The number of benzene rings is 2. The van der Waals surface area contributed by atoms with Crippen LogP contribution in [0.2, 0.25) is 0 Å². The fraction of sp³-hybridized carbons (Fsp3) is 0.320. The lowest BCUT2D eigenvalue weighted by molar-refractivity contribution is -0.128. The van der Waals surface area contributed by atoms with Crippen molar-refractivity contribution < 1.29 is 28.6 Å². The number of amides is 3. The van der Waals surface area contributed by atoms with E-state index in [0.29, 0.717) is 35.1 Å². The van der Waals surface area contributed by atoms with Crippen LogP contribution in [-0.2, 0) is 19.1 Å². The summed E-state index contributed by atoms with van der Waals surface area (Å²) in [7, 11) is 3.07. The fourth-order valence-electron chi connectivity index (χ4n) is 5.05. The topological polar surface area (TPSA) is 106 Å². The van der Waals surface area contributed by atoms with Crippen molar-refractivity contribution in [3.63, 3.8) is 0 Å². The summed E-state index contributed by atoms with van der Waals surface area (Å²) in [5.41, 5.74) is 0.994. The SMILES string of the molecule is COc1cc(NC(=O)[C@H]2[C@H]3C=C[C@@]4(CN(c5ccc(NC(C)=O)cc5)C(=O)[C@@H]24)O3)cc(OC)c1. The third kappa shape index (κ3) is 3.58. The lowest BCUT2D eigenvalue weighted by Crippen LogP contribution is -2.41. The van der Waals surface area contributed by atoms with E-state index in [1.165, 1.54) is 21.1 Å². The average Bonchev–Trinajstić information content (AvgIpc) is 3.47. The van der Waals surface area contributed by atoms with Gasteiger partial charge in [-0.05, 0) is 24.3 Å². The van der Waals surface area contributed by atoms with Gasteiger partial charge in [0.25, 0.3) is 0 Å². The minimum Gasteiger partial charge on any atom is -0.497 e. The number of hydrogen-bond acceptors (Lipinski definition) is 6. The van der Waals surface area contributed by atoms with E-state index in [-0.39, 0.29) is 17.7 Å². The molecule has 3 aliphatic heterocycles. The zero-order valence-corrected chi connectivity index (χ0v) is 19.0. The minimum atomic E-state index is -0.841. The Labute approximate surface area is 196 Å². The third-order valence-electron chi connectivity index (χ3n) is 6.52. The van der Waals surface area contributed by atoms with Crippen LogP contribution in [0.3, 0.4) is 0 Å². The molecule has 2 aromatic carbocycles. The van der Waals surface area contributed by atoms with E-state index < -0.39 is 23.5 Å². The van der Waals surface area contributed by atoms with Crippen molar-refractivity contribution >= 4 is 34.8 Å². The second-order valence-electron chi connectivity index (χ2n) is 8.64. The monoisotopic (exact) mass is 463 g/mol. The van der Waals surface area contributed by atoms with Gasteiger partial charge in [-0.2, -0.15) is 0 Å². The first-order valence-corrected chi connectivity index (χ1v) is 10.9. The number of carbonyl (C=O) groups is 3. The van der Waals surface area contributed by atoms with E-state index >= 15 is 0 Å². The number of nitrogens with zero attached hydrogens (tertiary/aromatic N) is 1. The highest BCUT2D eigenvalue weighted by Crippen LogP contribution is 2.53. The molecule has 3 amide bonds. The van der Waals surface area contributed by atoms with Gasteiger partial charge in [-0.25, -0.2) is 0 Å². The summed E-state index contributed by atoms with van der Waals surface area (Å²) in [5, 5.41) is 5.62. The van der Waals surface area contributed by atoms with Gasteiger partial charge >= 0.3 is 0 Å². The standard InChI is InChI=1S/C25H25N3O6/c1-14(29)26-15-4-6-17(7-5-15)28-13-25-9-8-20(34-25)21(22(25)24(28)31)23(30)27-16-10-18(32-2)12-19(11-16)33-3/h4-12,20-22H,13H2,1-3H3,(H,26,29)(H,27,30)/t20-,21+,22-,25+/m1/s1. The highest BCUT2D eigenvalue weighted by molar-refractivity contribution is 6.05. The first-order valence-electron chi connectivity index (χ1n) is 10.9. The van der Waals surface area contributed by atoms with E-state index in [0.717, 1.165) is 0 Å². The molecule has 9 heteroatoms. The molecule has 2 aromatic rings. The maximum Gasteiger partial charge on any atom is 0.234 e. The largest absolute Gasteiger partial charge is 0.497 e. The Balaban J connectivity index is 1.38. The van der Waals surface area contributed by atoms with Gasteiger partial charge in [0.1, 0.15) is 17.1 Å². The maximum atomic E-state index is 13.5. The molecular weight excluding hydrogens is 438 g/mol. The van der Waals surface area contributed by atoms with Crippen molar-refractivity contribution in [2.75, 3.05) is 36.3 Å². The number of nitrogens with one attached hydrogen (secondary N) is 2. The van der Waals surface area contributed by atoms with Crippen LogP contribution in [0, 0.1) is 11.8 Å². The lowest BCUT2D eigenvalue weighted by atomic mass is 9.77. The van der Waals surface area contributed by atoms with Gasteiger partial charge < -0.3 is 29.7 Å². The molecule has 2 N–H and O–H groups in total. The fourth-order valence-corrected chi connectivity index (χ4v) is 5.05. The van der Waals surface area contributed by atoms with Crippen molar-refractivity contribution in [3.8, 4) is 11.5 Å². The van der Waals surface area contributed by atoms with Crippen LogP contribution in [0.15, 0.2) is 54.6 Å². The number of methoxy groups -OCH3 is 2. The summed E-state index contributed by atoms with van der Waals surface area (Å²) in [5.74, 6) is -0.850. The van der Waals surface area contributed by atoms with Crippen LogP contribution >= 0.6 is 0 Å².